The molecule has 0 aliphatic heterocycles. The smallest absolute Gasteiger partial charge is 0.255 e. The molecular formula is C11H7AlF3N3. The molecule has 90 valence electrons. The lowest BCUT2D eigenvalue weighted by molar-refractivity contribution is -0.141. The van der Waals surface area contributed by atoms with Crippen LogP contribution in [0.15, 0.2) is 30.3 Å². The summed E-state index contributed by atoms with van der Waals surface area (Å²) in [7, 11) is 0. The molecule has 0 radical (unpaired) electrons. The molecule has 2 rings (SSSR count). The van der Waals surface area contributed by atoms with Crippen molar-refractivity contribution >= 4 is 20.8 Å². The minimum Gasteiger partial charge on any atom is -0.255 e. The van der Waals surface area contributed by atoms with E-state index in [0.29, 0.717) is 32.1 Å². The average molecular weight is 265 g/mol. The molecule has 1 aromatic carbocycles. The molecule has 0 N–H and O–H groups in total. The van der Waals surface area contributed by atoms with Gasteiger partial charge in [0.1, 0.15) is 0 Å². The van der Waals surface area contributed by atoms with Crippen LogP contribution in [-0.2, 0) is 6.18 Å². The topological polar surface area (TPSA) is 41.6 Å². The Balaban J connectivity index is 2.45. The van der Waals surface area contributed by atoms with Gasteiger partial charge in [-0.05, 0) is 34.9 Å². The average Bonchev–Trinajstić information content (AvgIpc) is 2.71. The van der Waals surface area contributed by atoms with Gasteiger partial charge in [0.25, 0.3) is 16.3 Å². The molecule has 0 aliphatic carbocycles. The first-order valence-corrected chi connectivity index (χ1v) is 6.06. The van der Waals surface area contributed by atoms with E-state index in [9.17, 15) is 13.2 Å². The Morgan fingerprint density at radius 1 is 1.22 bits per heavy atom. The standard InChI is InChI=1S/C11H5F3N3.Al.2H/c12-11(13,14)10-5-6-17(16-10)9-3-1-8(7-15)2-4-9;;;/h1-5H;;;. The third kappa shape index (κ3) is 2.40. The molecule has 7 heteroatoms. The highest BCUT2D eigenvalue weighted by Crippen LogP contribution is 2.27. The lowest BCUT2D eigenvalue weighted by atomic mass is 10.2. The summed E-state index contributed by atoms with van der Waals surface area (Å²) in [4.78, 5) is 0. The van der Waals surface area contributed by atoms with Gasteiger partial charge in [0, 0.05) is 0 Å². The first-order chi connectivity index (χ1) is 8.41. The summed E-state index contributed by atoms with van der Waals surface area (Å²) >= 11 is 0.449. The van der Waals surface area contributed by atoms with E-state index >= 15 is 0 Å². The van der Waals surface area contributed by atoms with Crippen LogP contribution in [0.2, 0.25) is 0 Å². The summed E-state index contributed by atoms with van der Waals surface area (Å²) in [5.74, 6) is 0. The number of benzene rings is 1. The number of hydrogen-bond donors (Lipinski definition) is 0. The van der Waals surface area contributed by atoms with Crippen molar-refractivity contribution in [2.45, 2.75) is 6.18 Å². The van der Waals surface area contributed by atoms with Crippen LogP contribution >= 0.6 is 0 Å². The highest BCUT2D eigenvalue weighted by molar-refractivity contribution is 6.31. The van der Waals surface area contributed by atoms with E-state index in [1.165, 1.54) is 4.68 Å². The highest BCUT2D eigenvalue weighted by Gasteiger charge is 2.34. The molecule has 1 heterocycles. The van der Waals surface area contributed by atoms with Crippen molar-refractivity contribution in [1.82, 2.24) is 9.78 Å². The van der Waals surface area contributed by atoms with Crippen LogP contribution in [0.5, 0.6) is 0 Å². The van der Waals surface area contributed by atoms with Crippen LogP contribution in [0, 0.1) is 11.3 Å². The molecule has 3 nitrogen and oxygen atoms in total. The van der Waals surface area contributed by atoms with Crippen LogP contribution in [0.3, 0.4) is 0 Å². The van der Waals surface area contributed by atoms with Gasteiger partial charge in [0.05, 0.1) is 17.3 Å². The van der Waals surface area contributed by atoms with Gasteiger partial charge in [0.15, 0.2) is 5.69 Å². The maximum absolute atomic E-state index is 12.5. The second-order valence-electron chi connectivity index (χ2n) is 3.74. The van der Waals surface area contributed by atoms with Crippen molar-refractivity contribution in [3.63, 3.8) is 0 Å². The molecule has 0 aliphatic rings. The molecule has 0 saturated heterocycles. The second kappa shape index (κ2) is 4.49. The second-order valence-corrected chi connectivity index (χ2v) is 4.76. The fourth-order valence-corrected chi connectivity index (χ4v) is 2.18. The molecule has 0 unspecified atom stereocenters. The summed E-state index contributed by atoms with van der Waals surface area (Å²) < 4.78 is 39.3. The number of nitrogens with zero attached hydrogens (tertiary/aromatic N) is 3. The molecule has 18 heavy (non-hydrogen) atoms. The Hall–Kier alpha value is -1.76. The van der Waals surface area contributed by atoms with E-state index in [4.69, 9.17) is 5.26 Å². The van der Waals surface area contributed by atoms with Crippen LogP contribution in [0.1, 0.15) is 11.3 Å². The van der Waals surface area contributed by atoms with Gasteiger partial charge >= 0.3 is 6.18 Å². The molecular weight excluding hydrogens is 258 g/mol. The van der Waals surface area contributed by atoms with E-state index in [1.807, 2.05) is 6.07 Å². The molecule has 0 amide bonds. The largest absolute Gasteiger partial charge is 0.435 e. The van der Waals surface area contributed by atoms with Crippen molar-refractivity contribution in [1.29, 1.82) is 5.26 Å². The van der Waals surface area contributed by atoms with Crippen molar-refractivity contribution < 1.29 is 13.2 Å². The first kappa shape index (κ1) is 12.7. The maximum Gasteiger partial charge on any atom is 0.435 e. The van der Waals surface area contributed by atoms with Crippen molar-refractivity contribution in [2.75, 3.05) is 0 Å². The van der Waals surface area contributed by atoms with Gasteiger partial charge in [-0.1, -0.05) is 0 Å². The summed E-state index contributed by atoms with van der Waals surface area (Å²) in [5, 5.41) is 12.2. The van der Waals surface area contributed by atoms with Crippen LogP contribution < -0.4 is 4.56 Å². The third-order valence-electron chi connectivity index (χ3n) is 2.42. The Bertz CT molecular complexity index is 608. The van der Waals surface area contributed by atoms with Crippen molar-refractivity contribution in [3.05, 3.63) is 41.6 Å². The summed E-state index contributed by atoms with van der Waals surface area (Å²) in [6, 6.07) is 9.24. The predicted octanol–water partition coefficient (Wildman–Crippen LogP) is 1.02. The van der Waals surface area contributed by atoms with E-state index in [1.54, 1.807) is 24.3 Å². The lowest BCUT2D eigenvalue weighted by Crippen LogP contribution is -2.15. The van der Waals surface area contributed by atoms with Gasteiger partial charge in [-0.25, -0.2) is 0 Å². The van der Waals surface area contributed by atoms with Crippen LogP contribution in [0.4, 0.5) is 13.2 Å². The first-order valence-electron chi connectivity index (χ1n) is 5.06. The number of hydrogen-bond acceptors (Lipinski definition) is 2. The minimum atomic E-state index is -4.43. The zero-order valence-corrected chi connectivity index (χ0v) is 11.4. The monoisotopic (exact) mass is 265 g/mol. The van der Waals surface area contributed by atoms with Gasteiger partial charge in [0.2, 0.25) is 0 Å². The van der Waals surface area contributed by atoms with Gasteiger partial charge in [-0.15, -0.1) is 0 Å². The Labute approximate surface area is 109 Å². The fourth-order valence-electron chi connectivity index (χ4n) is 1.55. The third-order valence-corrected chi connectivity index (χ3v) is 3.13. The molecule has 2 aromatic rings. The Morgan fingerprint density at radius 3 is 2.28 bits per heavy atom. The molecule has 0 fully saturated rings. The van der Waals surface area contributed by atoms with Crippen molar-refractivity contribution in [3.8, 4) is 11.8 Å². The zero-order valence-electron chi connectivity index (χ0n) is 9.36. The number of halogens is 3. The number of rotatable bonds is 1. The normalized spacial score (nSPS) is 11.2. The lowest BCUT2D eigenvalue weighted by Gasteiger charge is -2.05. The van der Waals surface area contributed by atoms with E-state index in [2.05, 4.69) is 5.10 Å². The zero-order chi connectivity index (χ0) is 13.3. The molecule has 1 aromatic heterocycles. The summed E-state index contributed by atoms with van der Waals surface area (Å²) in [5.41, 5.74) is 0.0863. The molecule has 0 spiro atoms. The number of alkyl halides is 3. The predicted molar refractivity (Wildman–Crippen MR) is 61.5 cm³/mol. The summed E-state index contributed by atoms with van der Waals surface area (Å²) in [6.07, 6.45) is -4.43. The summed E-state index contributed by atoms with van der Waals surface area (Å²) in [6.45, 7) is 0. The quantitative estimate of drug-likeness (QED) is 0.722. The van der Waals surface area contributed by atoms with E-state index in [-0.39, 0.29) is 0 Å². The van der Waals surface area contributed by atoms with Crippen LogP contribution in [0.25, 0.3) is 5.69 Å². The molecule has 0 bridgehead atoms. The molecule has 0 atom stereocenters. The Morgan fingerprint density at radius 2 is 1.83 bits per heavy atom. The SMILES string of the molecule is N#Cc1ccc(-n2nc(C(F)(F)F)c[c]2[AlH2])cc1. The fraction of sp³-hybridized carbons (Fsp3) is 0.0909. The molecule has 0 saturated carbocycles. The van der Waals surface area contributed by atoms with E-state index in [0.717, 1.165) is 6.07 Å². The van der Waals surface area contributed by atoms with E-state index < -0.39 is 11.9 Å². The minimum absolute atomic E-state index is 0.449. The number of nitriles is 1. The highest BCUT2D eigenvalue weighted by atomic mass is 27.0. The van der Waals surface area contributed by atoms with Gasteiger partial charge < -0.3 is 0 Å². The van der Waals surface area contributed by atoms with Gasteiger partial charge in [-0.2, -0.15) is 23.5 Å². The Kier molecular flexibility index (Phi) is 3.17. The maximum atomic E-state index is 12.5. The number of aromatic nitrogens is 2. The van der Waals surface area contributed by atoms with Crippen molar-refractivity contribution in [2.24, 2.45) is 0 Å². The van der Waals surface area contributed by atoms with Crippen LogP contribution in [-0.4, -0.2) is 26.1 Å². The van der Waals surface area contributed by atoms with Gasteiger partial charge in [-0.3, -0.25) is 4.68 Å².